The van der Waals surface area contributed by atoms with E-state index in [-0.39, 0.29) is 12.4 Å². The summed E-state index contributed by atoms with van der Waals surface area (Å²) in [5.74, 6) is 1.41. The van der Waals surface area contributed by atoms with Crippen LogP contribution in [0.3, 0.4) is 0 Å². The van der Waals surface area contributed by atoms with Crippen LogP contribution in [0.15, 0.2) is 54.6 Å². The van der Waals surface area contributed by atoms with Gasteiger partial charge in [-0.3, -0.25) is 4.79 Å². The highest BCUT2D eigenvalue weighted by molar-refractivity contribution is 5.94. The largest absolute Gasteiger partial charge is 0.492 e. The Labute approximate surface area is 148 Å². The van der Waals surface area contributed by atoms with Gasteiger partial charge in [-0.05, 0) is 38.2 Å². The summed E-state index contributed by atoms with van der Waals surface area (Å²) in [6.07, 6.45) is -0.622. The fourth-order valence-corrected chi connectivity index (χ4v) is 2.34. The van der Waals surface area contributed by atoms with Crippen molar-refractivity contribution in [2.75, 3.05) is 33.4 Å². The molecule has 5 nitrogen and oxygen atoms in total. The van der Waals surface area contributed by atoms with Crippen LogP contribution in [0.1, 0.15) is 17.3 Å². The summed E-state index contributed by atoms with van der Waals surface area (Å²) in [6.45, 7) is 3.41. The molecule has 5 heteroatoms. The lowest BCUT2D eigenvalue weighted by Gasteiger charge is -2.21. The molecule has 0 aliphatic heterocycles. The predicted octanol–water partition coefficient (Wildman–Crippen LogP) is 2.64. The third-order valence-corrected chi connectivity index (χ3v) is 3.69. The third-order valence-electron chi connectivity index (χ3n) is 3.69. The SMILES string of the molecule is CC(=O)c1cccc(OCC(O)CN(C)CCOc2ccccc2)c1. The standard InChI is InChI=1S/C20H25NO4/c1-16(22)17-7-6-10-20(13-17)25-15-18(23)14-21(2)11-12-24-19-8-4-3-5-9-19/h3-10,13,18,23H,11-12,14-15H2,1-2H3. The van der Waals surface area contributed by atoms with Gasteiger partial charge in [0.2, 0.25) is 0 Å². The van der Waals surface area contributed by atoms with Crippen molar-refractivity contribution in [3.05, 3.63) is 60.2 Å². The Hall–Kier alpha value is -2.37. The second kappa shape index (κ2) is 9.81. The van der Waals surface area contributed by atoms with Crippen LogP contribution in [0.5, 0.6) is 11.5 Å². The number of aliphatic hydroxyl groups excluding tert-OH is 1. The molecular formula is C20H25NO4. The van der Waals surface area contributed by atoms with Crippen molar-refractivity contribution in [3.63, 3.8) is 0 Å². The molecule has 0 aromatic heterocycles. The molecule has 134 valence electrons. The van der Waals surface area contributed by atoms with E-state index < -0.39 is 6.10 Å². The molecule has 0 bridgehead atoms. The Morgan fingerprint density at radius 1 is 1.08 bits per heavy atom. The normalized spacial score (nSPS) is 12.0. The number of aliphatic hydroxyl groups is 1. The lowest BCUT2D eigenvalue weighted by atomic mass is 10.1. The van der Waals surface area contributed by atoms with Gasteiger partial charge in [-0.2, -0.15) is 0 Å². The minimum Gasteiger partial charge on any atom is -0.492 e. The number of hydrogen-bond acceptors (Lipinski definition) is 5. The molecule has 1 N–H and O–H groups in total. The van der Waals surface area contributed by atoms with Crippen molar-refractivity contribution >= 4 is 5.78 Å². The third kappa shape index (κ3) is 6.95. The van der Waals surface area contributed by atoms with Crippen molar-refractivity contribution in [3.8, 4) is 11.5 Å². The van der Waals surface area contributed by atoms with Crippen molar-refractivity contribution in [1.82, 2.24) is 4.90 Å². The zero-order valence-electron chi connectivity index (χ0n) is 14.7. The first-order valence-corrected chi connectivity index (χ1v) is 8.33. The first kappa shape index (κ1) is 19.0. The number of hydrogen-bond donors (Lipinski definition) is 1. The summed E-state index contributed by atoms with van der Waals surface area (Å²) in [5, 5.41) is 10.1. The molecule has 0 amide bonds. The van der Waals surface area contributed by atoms with Crippen LogP contribution in [-0.2, 0) is 0 Å². The second-order valence-corrected chi connectivity index (χ2v) is 5.97. The van der Waals surface area contributed by atoms with E-state index in [1.54, 1.807) is 24.3 Å². The topological polar surface area (TPSA) is 59.0 Å². The van der Waals surface area contributed by atoms with E-state index >= 15 is 0 Å². The monoisotopic (exact) mass is 343 g/mol. The van der Waals surface area contributed by atoms with Crippen LogP contribution < -0.4 is 9.47 Å². The molecule has 2 rings (SSSR count). The summed E-state index contributed by atoms with van der Waals surface area (Å²) in [6, 6.07) is 16.6. The Kier molecular flexibility index (Phi) is 7.44. The molecule has 0 radical (unpaired) electrons. The van der Waals surface area contributed by atoms with Gasteiger partial charge < -0.3 is 19.5 Å². The van der Waals surface area contributed by atoms with Gasteiger partial charge in [-0.1, -0.05) is 30.3 Å². The van der Waals surface area contributed by atoms with Crippen LogP contribution in [0, 0.1) is 0 Å². The first-order valence-electron chi connectivity index (χ1n) is 8.33. The molecule has 25 heavy (non-hydrogen) atoms. The summed E-state index contributed by atoms with van der Waals surface area (Å²) in [7, 11) is 1.92. The number of ketones is 1. The molecule has 1 unspecified atom stereocenters. The smallest absolute Gasteiger partial charge is 0.159 e. The van der Waals surface area contributed by atoms with Crippen LogP contribution in [0.25, 0.3) is 0 Å². The molecule has 0 spiro atoms. The number of Topliss-reactive ketones (excluding diaryl/α,β-unsaturated/α-hetero) is 1. The van der Waals surface area contributed by atoms with Crippen LogP contribution >= 0.6 is 0 Å². The first-order chi connectivity index (χ1) is 12.0. The van der Waals surface area contributed by atoms with Gasteiger partial charge in [0.05, 0.1) is 0 Å². The van der Waals surface area contributed by atoms with Crippen LogP contribution in [-0.4, -0.2) is 55.2 Å². The maximum Gasteiger partial charge on any atom is 0.159 e. The zero-order valence-corrected chi connectivity index (χ0v) is 14.7. The van der Waals surface area contributed by atoms with Gasteiger partial charge in [-0.15, -0.1) is 0 Å². The van der Waals surface area contributed by atoms with Crippen molar-refractivity contribution in [2.45, 2.75) is 13.0 Å². The fraction of sp³-hybridized carbons (Fsp3) is 0.350. The number of para-hydroxylation sites is 1. The van der Waals surface area contributed by atoms with Gasteiger partial charge in [0, 0.05) is 18.7 Å². The quantitative estimate of drug-likeness (QED) is 0.672. The van der Waals surface area contributed by atoms with Gasteiger partial charge in [0.1, 0.15) is 30.8 Å². The average molecular weight is 343 g/mol. The van der Waals surface area contributed by atoms with Crippen LogP contribution in [0.4, 0.5) is 0 Å². The minimum absolute atomic E-state index is 0.0100. The summed E-state index contributed by atoms with van der Waals surface area (Å²) < 4.78 is 11.2. The fourth-order valence-electron chi connectivity index (χ4n) is 2.34. The molecule has 1 atom stereocenters. The number of nitrogens with zero attached hydrogens (tertiary/aromatic N) is 1. The number of likely N-dealkylation sites (N-methyl/N-ethyl adjacent to an activating group) is 1. The highest BCUT2D eigenvalue weighted by Crippen LogP contribution is 2.14. The number of carbonyl (C=O) groups excluding carboxylic acids is 1. The van der Waals surface area contributed by atoms with Crippen molar-refractivity contribution < 1.29 is 19.4 Å². The molecule has 0 saturated heterocycles. The molecule has 0 heterocycles. The van der Waals surface area contributed by atoms with Crippen molar-refractivity contribution in [2.24, 2.45) is 0 Å². The van der Waals surface area contributed by atoms with E-state index in [0.717, 1.165) is 5.75 Å². The van der Waals surface area contributed by atoms with Gasteiger partial charge >= 0.3 is 0 Å². The Morgan fingerprint density at radius 2 is 1.80 bits per heavy atom. The highest BCUT2D eigenvalue weighted by atomic mass is 16.5. The summed E-state index contributed by atoms with van der Waals surface area (Å²) in [5.41, 5.74) is 0.599. The van der Waals surface area contributed by atoms with E-state index in [1.165, 1.54) is 6.92 Å². The maximum atomic E-state index is 11.4. The molecule has 0 aliphatic carbocycles. The Morgan fingerprint density at radius 3 is 2.52 bits per heavy atom. The second-order valence-electron chi connectivity index (χ2n) is 5.97. The van der Waals surface area contributed by atoms with Crippen molar-refractivity contribution in [1.29, 1.82) is 0 Å². The highest BCUT2D eigenvalue weighted by Gasteiger charge is 2.10. The molecule has 2 aromatic carbocycles. The number of rotatable bonds is 10. The molecule has 0 aliphatic rings. The number of benzene rings is 2. The molecule has 0 saturated carbocycles. The van der Waals surface area contributed by atoms with Gasteiger partial charge in [0.15, 0.2) is 5.78 Å². The average Bonchev–Trinajstić information content (AvgIpc) is 2.61. The van der Waals surface area contributed by atoms with E-state index in [0.29, 0.717) is 31.0 Å². The Balaban J connectivity index is 1.68. The Bertz CT molecular complexity index is 660. The van der Waals surface area contributed by atoms with Gasteiger partial charge in [-0.25, -0.2) is 0 Å². The molecular weight excluding hydrogens is 318 g/mol. The van der Waals surface area contributed by atoms with E-state index in [2.05, 4.69) is 0 Å². The van der Waals surface area contributed by atoms with E-state index in [4.69, 9.17) is 9.47 Å². The lowest BCUT2D eigenvalue weighted by Crippen LogP contribution is -2.35. The summed E-state index contributed by atoms with van der Waals surface area (Å²) >= 11 is 0. The van der Waals surface area contributed by atoms with Crippen LogP contribution in [0.2, 0.25) is 0 Å². The van der Waals surface area contributed by atoms with E-state index in [9.17, 15) is 9.90 Å². The number of carbonyl (C=O) groups is 1. The zero-order chi connectivity index (χ0) is 18.1. The molecule has 0 fully saturated rings. The maximum absolute atomic E-state index is 11.4. The lowest BCUT2D eigenvalue weighted by molar-refractivity contribution is 0.0722. The molecule has 2 aromatic rings. The number of ether oxygens (including phenoxy) is 2. The predicted molar refractivity (Wildman–Crippen MR) is 97.4 cm³/mol. The van der Waals surface area contributed by atoms with Gasteiger partial charge in [0.25, 0.3) is 0 Å². The minimum atomic E-state index is -0.622. The van der Waals surface area contributed by atoms with E-state index in [1.807, 2.05) is 42.3 Å². The summed E-state index contributed by atoms with van der Waals surface area (Å²) in [4.78, 5) is 13.3.